The Hall–Kier alpha value is -0.0800. The van der Waals surface area contributed by atoms with Gasteiger partial charge in [0, 0.05) is 6.54 Å². The van der Waals surface area contributed by atoms with Crippen molar-refractivity contribution in [1.82, 2.24) is 5.32 Å². The van der Waals surface area contributed by atoms with E-state index in [1.165, 1.54) is 32.1 Å². The second-order valence-corrected chi connectivity index (χ2v) is 5.26. The molecule has 2 fully saturated rings. The molecule has 0 spiro atoms. The molecule has 0 aromatic rings. The van der Waals surface area contributed by atoms with Crippen molar-refractivity contribution in [3.63, 3.8) is 0 Å². The first-order chi connectivity index (χ1) is 6.77. The molecule has 2 atom stereocenters. The van der Waals surface area contributed by atoms with Gasteiger partial charge in [-0.3, -0.25) is 0 Å². The van der Waals surface area contributed by atoms with Crippen LogP contribution in [-0.2, 0) is 0 Å². The fraction of sp³-hybridized carbons (Fsp3) is 1.00. The first kappa shape index (κ1) is 10.4. The van der Waals surface area contributed by atoms with Crippen molar-refractivity contribution in [1.29, 1.82) is 0 Å². The molecule has 14 heavy (non-hydrogen) atoms. The predicted molar refractivity (Wildman–Crippen MR) is 58.1 cm³/mol. The van der Waals surface area contributed by atoms with Gasteiger partial charge in [-0.25, -0.2) is 0 Å². The fourth-order valence-corrected chi connectivity index (χ4v) is 2.98. The highest BCUT2D eigenvalue weighted by molar-refractivity contribution is 4.84. The molecule has 1 heterocycles. The van der Waals surface area contributed by atoms with Gasteiger partial charge in [0.1, 0.15) is 0 Å². The van der Waals surface area contributed by atoms with Crippen LogP contribution in [0.1, 0.15) is 39.0 Å². The number of aliphatic hydroxyl groups excluding tert-OH is 1. The second kappa shape index (κ2) is 4.63. The minimum Gasteiger partial charge on any atom is -0.393 e. The highest BCUT2D eigenvalue weighted by Crippen LogP contribution is 2.33. The summed E-state index contributed by atoms with van der Waals surface area (Å²) in [5, 5.41) is 13.6. The number of nitrogens with one attached hydrogen (secondary N) is 1. The van der Waals surface area contributed by atoms with Crippen LogP contribution in [0.5, 0.6) is 0 Å². The summed E-state index contributed by atoms with van der Waals surface area (Å²) < 4.78 is 0. The van der Waals surface area contributed by atoms with Gasteiger partial charge in [-0.1, -0.05) is 19.8 Å². The van der Waals surface area contributed by atoms with E-state index in [9.17, 15) is 5.11 Å². The maximum Gasteiger partial charge on any atom is 0.0609 e. The van der Waals surface area contributed by atoms with Gasteiger partial charge in [-0.15, -0.1) is 0 Å². The molecule has 0 aromatic heterocycles. The minimum atomic E-state index is -0.0301. The molecule has 0 aromatic carbocycles. The average Bonchev–Trinajstić information content (AvgIpc) is 2.71. The molecule has 1 unspecified atom stereocenters. The minimum absolute atomic E-state index is 0.0301. The maximum absolute atomic E-state index is 10.2. The summed E-state index contributed by atoms with van der Waals surface area (Å²) in [5.74, 6) is 2.02. The van der Waals surface area contributed by atoms with E-state index in [-0.39, 0.29) is 6.10 Å². The smallest absolute Gasteiger partial charge is 0.0609 e. The van der Waals surface area contributed by atoms with Crippen molar-refractivity contribution in [2.45, 2.75) is 45.1 Å². The average molecular weight is 197 g/mol. The molecule has 0 radical (unpaired) electrons. The molecule has 0 bridgehead atoms. The van der Waals surface area contributed by atoms with Gasteiger partial charge in [0.05, 0.1) is 6.10 Å². The van der Waals surface area contributed by atoms with Crippen molar-refractivity contribution in [3.8, 4) is 0 Å². The van der Waals surface area contributed by atoms with E-state index in [1.54, 1.807) is 0 Å². The Morgan fingerprint density at radius 2 is 1.79 bits per heavy atom. The lowest BCUT2D eigenvalue weighted by atomic mass is 9.77. The molecule has 2 aliphatic rings. The van der Waals surface area contributed by atoms with E-state index in [4.69, 9.17) is 0 Å². The van der Waals surface area contributed by atoms with Gasteiger partial charge in [-0.05, 0) is 43.6 Å². The van der Waals surface area contributed by atoms with Gasteiger partial charge in [-0.2, -0.15) is 0 Å². The van der Waals surface area contributed by atoms with Crippen LogP contribution in [0.15, 0.2) is 0 Å². The summed E-state index contributed by atoms with van der Waals surface area (Å²) in [6.45, 7) is 4.47. The van der Waals surface area contributed by atoms with E-state index in [0.29, 0.717) is 11.8 Å². The van der Waals surface area contributed by atoms with Crippen LogP contribution in [0.4, 0.5) is 0 Å². The molecular weight excluding hydrogens is 174 g/mol. The number of rotatable bonds is 2. The number of hydrogen-bond acceptors (Lipinski definition) is 2. The number of aliphatic hydroxyl groups is 1. The monoisotopic (exact) mass is 197 g/mol. The molecule has 2 nitrogen and oxygen atoms in total. The second-order valence-electron chi connectivity index (χ2n) is 5.26. The molecule has 82 valence electrons. The van der Waals surface area contributed by atoms with Crippen LogP contribution < -0.4 is 5.32 Å². The molecule has 2 rings (SSSR count). The third-order valence-electron chi connectivity index (χ3n) is 4.12. The lowest BCUT2D eigenvalue weighted by Crippen LogP contribution is -2.33. The van der Waals surface area contributed by atoms with E-state index < -0.39 is 0 Å². The van der Waals surface area contributed by atoms with E-state index in [0.717, 1.165) is 19.0 Å². The van der Waals surface area contributed by atoms with Crippen LogP contribution in [0.2, 0.25) is 0 Å². The zero-order valence-corrected chi connectivity index (χ0v) is 9.21. The lowest BCUT2D eigenvalue weighted by molar-refractivity contribution is 0.0339. The van der Waals surface area contributed by atoms with Gasteiger partial charge in [0.15, 0.2) is 0 Å². The van der Waals surface area contributed by atoms with Crippen LogP contribution in [-0.4, -0.2) is 24.3 Å². The fourth-order valence-electron chi connectivity index (χ4n) is 2.98. The normalized spacial score (nSPS) is 41.1. The predicted octanol–water partition coefficient (Wildman–Crippen LogP) is 1.78. The van der Waals surface area contributed by atoms with Crippen LogP contribution >= 0.6 is 0 Å². The van der Waals surface area contributed by atoms with E-state index in [1.807, 2.05) is 0 Å². The Balaban J connectivity index is 1.82. The first-order valence-corrected chi connectivity index (χ1v) is 6.16. The third kappa shape index (κ3) is 2.29. The Labute approximate surface area is 87.1 Å². The zero-order valence-electron chi connectivity index (χ0n) is 9.21. The summed E-state index contributed by atoms with van der Waals surface area (Å²) in [7, 11) is 0. The largest absolute Gasteiger partial charge is 0.393 e. The molecule has 0 amide bonds. The molecule has 1 aliphatic carbocycles. The van der Waals surface area contributed by atoms with Crippen molar-refractivity contribution in [2.24, 2.45) is 17.8 Å². The van der Waals surface area contributed by atoms with Gasteiger partial charge in [0.2, 0.25) is 0 Å². The SMILES string of the molecule is CC1CCC(C(O)[C@H]2CCNC2)CC1. The van der Waals surface area contributed by atoms with Crippen LogP contribution in [0.25, 0.3) is 0 Å². The lowest BCUT2D eigenvalue weighted by Gasteiger charge is -2.32. The summed E-state index contributed by atoms with van der Waals surface area (Å²) in [5.41, 5.74) is 0. The molecule has 1 saturated carbocycles. The van der Waals surface area contributed by atoms with Gasteiger partial charge < -0.3 is 10.4 Å². The Kier molecular flexibility index (Phi) is 3.45. The molecular formula is C12H23NO. The Bertz CT molecular complexity index is 169. The molecule has 2 heteroatoms. The summed E-state index contributed by atoms with van der Waals surface area (Å²) in [4.78, 5) is 0. The molecule has 1 saturated heterocycles. The van der Waals surface area contributed by atoms with E-state index >= 15 is 0 Å². The van der Waals surface area contributed by atoms with Crippen molar-refractivity contribution in [3.05, 3.63) is 0 Å². The summed E-state index contributed by atoms with van der Waals surface area (Å²) in [6, 6.07) is 0. The topological polar surface area (TPSA) is 32.3 Å². The maximum atomic E-state index is 10.2. The highest BCUT2D eigenvalue weighted by Gasteiger charge is 2.31. The van der Waals surface area contributed by atoms with Gasteiger partial charge >= 0.3 is 0 Å². The van der Waals surface area contributed by atoms with Gasteiger partial charge in [0.25, 0.3) is 0 Å². The summed E-state index contributed by atoms with van der Waals surface area (Å²) in [6.07, 6.45) is 6.28. The van der Waals surface area contributed by atoms with Crippen molar-refractivity contribution in [2.75, 3.05) is 13.1 Å². The highest BCUT2D eigenvalue weighted by atomic mass is 16.3. The van der Waals surface area contributed by atoms with Crippen LogP contribution in [0.3, 0.4) is 0 Å². The van der Waals surface area contributed by atoms with Crippen LogP contribution in [0, 0.1) is 17.8 Å². The standard InChI is InChI=1S/C12H23NO/c1-9-2-4-10(5-3-9)12(14)11-6-7-13-8-11/h9-14H,2-8H2,1H3/t9?,10?,11-,12?/m0/s1. The van der Waals surface area contributed by atoms with Crippen molar-refractivity contribution >= 4 is 0 Å². The molecule has 1 aliphatic heterocycles. The Morgan fingerprint density at radius 1 is 1.07 bits per heavy atom. The van der Waals surface area contributed by atoms with E-state index in [2.05, 4.69) is 12.2 Å². The molecule has 2 N–H and O–H groups in total. The quantitative estimate of drug-likeness (QED) is 0.707. The third-order valence-corrected chi connectivity index (χ3v) is 4.12. The number of hydrogen-bond donors (Lipinski definition) is 2. The summed E-state index contributed by atoms with van der Waals surface area (Å²) >= 11 is 0. The zero-order chi connectivity index (χ0) is 9.97. The Morgan fingerprint density at radius 3 is 2.36 bits per heavy atom. The first-order valence-electron chi connectivity index (χ1n) is 6.16. The van der Waals surface area contributed by atoms with Crippen molar-refractivity contribution < 1.29 is 5.11 Å².